The van der Waals surface area contributed by atoms with Crippen LogP contribution in [-0.4, -0.2) is 52.4 Å². The van der Waals surface area contributed by atoms with Gasteiger partial charge in [-0.15, -0.1) is 0 Å². The second kappa shape index (κ2) is 8.26. The van der Waals surface area contributed by atoms with Crippen molar-refractivity contribution in [3.63, 3.8) is 0 Å². The van der Waals surface area contributed by atoms with E-state index in [1.54, 1.807) is 0 Å². The molecule has 150 valence electrons. The van der Waals surface area contributed by atoms with E-state index in [1.807, 2.05) is 18.2 Å². The third kappa shape index (κ3) is 4.87. The predicted octanol–water partition coefficient (Wildman–Crippen LogP) is 2.22. The molecule has 0 spiro atoms. The Balaban J connectivity index is 1.89. The number of hydrogen-bond donors (Lipinski definition) is 0. The summed E-state index contributed by atoms with van der Waals surface area (Å²) in [6, 6.07) is 10.1. The molecule has 1 saturated carbocycles. The summed E-state index contributed by atoms with van der Waals surface area (Å²) < 4.78 is 45.6. The Morgan fingerprint density at radius 3 is 2.44 bits per heavy atom. The monoisotopic (exact) mass is 398 g/mol. The molecule has 27 heavy (non-hydrogen) atoms. The van der Waals surface area contributed by atoms with E-state index in [4.69, 9.17) is 18.4 Å². The summed E-state index contributed by atoms with van der Waals surface area (Å²) in [5.41, 5.74) is 1.21. The van der Waals surface area contributed by atoms with Gasteiger partial charge in [0.15, 0.2) is 12.4 Å². The molecule has 0 bridgehead atoms. The average Bonchev–Trinajstić information content (AvgIpc) is 2.62. The lowest BCUT2D eigenvalue weighted by Gasteiger charge is -2.48. The largest absolute Gasteiger partial charge is 0.459 e. The van der Waals surface area contributed by atoms with Crippen LogP contribution in [0.25, 0.3) is 0 Å². The van der Waals surface area contributed by atoms with Crippen LogP contribution in [0.5, 0.6) is 0 Å². The Labute approximate surface area is 160 Å². The highest BCUT2D eigenvalue weighted by Gasteiger charge is 2.52. The van der Waals surface area contributed by atoms with E-state index in [2.05, 4.69) is 12.1 Å². The number of methoxy groups -OCH3 is 1. The van der Waals surface area contributed by atoms with E-state index in [0.29, 0.717) is 6.42 Å². The molecule has 0 unspecified atom stereocenters. The van der Waals surface area contributed by atoms with Gasteiger partial charge in [0.05, 0.1) is 12.4 Å². The van der Waals surface area contributed by atoms with Crippen molar-refractivity contribution in [1.82, 2.24) is 0 Å². The standard InChI is InChI=1S/C19H26O7S/c1-12(20)24-17-15-11-14(13-7-5-4-6-8-13)9-10-16(15)25-19(23-2)18(17)26-27(3,21)22/h4-8,14-19H,9-11H2,1-3H3/t14-,15+,16-,17+,18-,19+/m1/s1. The van der Waals surface area contributed by atoms with E-state index in [1.165, 1.54) is 19.6 Å². The van der Waals surface area contributed by atoms with Gasteiger partial charge in [-0.3, -0.25) is 8.98 Å². The number of esters is 1. The van der Waals surface area contributed by atoms with Crippen LogP contribution in [0.15, 0.2) is 30.3 Å². The summed E-state index contributed by atoms with van der Waals surface area (Å²) in [5, 5.41) is 0. The average molecular weight is 398 g/mol. The lowest BCUT2D eigenvalue weighted by molar-refractivity contribution is -0.280. The summed E-state index contributed by atoms with van der Waals surface area (Å²) in [6.07, 6.45) is 0.491. The third-order valence-corrected chi connectivity index (χ3v) is 5.82. The van der Waals surface area contributed by atoms with Gasteiger partial charge in [-0.25, -0.2) is 0 Å². The minimum Gasteiger partial charge on any atom is -0.459 e. The molecule has 1 aromatic carbocycles. The highest BCUT2D eigenvalue weighted by molar-refractivity contribution is 7.86. The molecule has 6 atom stereocenters. The Kier molecular flexibility index (Phi) is 6.20. The lowest BCUT2D eigenvalue weighted by atomic mass is 9.72. The van der Waals surface area contributed by atoms with Crippen LogP contribution in [-0.2, 0) is 33.3 Å². The number of carbonyl (C=O) groups is 1. The molecule has 1 aromatic rings. The van der Waals surface area contributed by atoms with Gasteiger partial charge in [-0.2, -0.15) is 8.42 Å². The van der Waals surface area contributed by atoms with Crippen LogP contribution in [0.3, 0.4) is 0 Å². The van der Waals surface area contributed by atoms with Gasteiger partial charge < -0.3 is 14.2 Å². The van der Waals surface area contributed by atoms with Gasteiger partial charge in [-0.05, 0) is 30.7 Å². The highest BCUT2D eigenvalue weighted by Crippen LogP contribution is 2.44. The first-order chi connectivity index (χ1) is 12.8. The van der Waals surface area contributed by atoms with Crippen molar-refractivity contribution < 1.29 is 31.6 Å². The maximum atomic E-state index is 11.8. The molecule has 0 amide bonds. The number of rotatable bonds is 5. The van der Waals surface area contributed by atoms with E-state index >= 15 is 0 Å². The second-order valence-corrected chi connectivity index (χ2v) is 8.80. The lowest BCUT2D eigenvalue weighted by Crippen LogP contribution is -2.59. The zero-order valence-corrected chi connectivity index (χ0v) is 16.6. The molecule has 2 aliphatic rings. The van der Waals surface area contributed by atoms with Crippen molar-refractivity contribution in [2.45, 2.75) is 56.7 Å². The normalized spacial score (nSPS) is 33.9. The van der Waals surface area contributed by atoms with Crippen LogP contribution in [0.4, 0.5) is 0 Å². The molecule has 0 N–H and O–H groups in total. The Morgan fingerprint density at radius 1 is 1.15 bits per heavy atom. The fourth-order valence-corrected chi connectivity index (χ4v) is 4.81. The maximum Gasteiger partial charge on any atom is 0.303 e. The molecule has 0 radical (unpaired) electrons. The molecule has 2 fully saturated rings. The number of carbonyl (C=O) groups excluding carboxylic acids is 1. The van der Waals surface area contributed by atoms with Gasteiger partial charge >= 0.3 is 5.97 Å². The topological polar surface area (TPSA) is 88.1 Å². The van der Waals surface area contributed by atoms with Crippen LogP contribution in [0.2, 0.25) is 0 Å². The molecule has 3 rings (SSSR count). The fourth-order valence-electron chi connectivity index (χ4n) is 4.21. The molecular weight excluding hydrogens is 372 g/mol. The molecule has 1 heterocycles. The quantitative estimate of drug-likeness (QED) is 0.555. The summed E-state index contributed by atoms with van der Waals surface area (Å²) in [4.78, 5) is 11.7. The van der Waals surface area contributed by atoms with Gasteiger partial charge in [-0.1, -0.05) is 30.3 Å². The highest BCUT2D eigenvalue weighted by atomic mass is 32.2. The Bertz CT molecular complexity index is 749. The number of ether oxygens (including phenoxy) is 3. The van der Waals surface area contributed by atoms with Gasteiger partial charge in [0, 0.05) is 20.0 Å². The minimum absolute atomic E-state index is 0.175. The molecular formula is C19H26O7S. The van der Waals surface area contributed by atoms with Gasteiger partial charge in [0.1, 0.15) is 6.10 Å². The number of fused-ring (bicyclic) bond motifs is 1. The van der Waals surface area contributed by atoms with Gasteiger partial charge in [0.2, 0.25) is 0 Å². The predicted molar refractivity (Wildman–Crippen MR) is 97.5 cm³/mol. The smallest absolute Gasteiger partial charge is 0.303 e. The summed E-state index contributed by atoms with van der Waals surface area (Å²) in [5.74, 6) is -0.377. The number of hydrogen-bond acceptors (Lipinski definition) is 7. The molecule has 8 heteroatoms. The van der Waals surface area contributed by atoms with E-state index in [0.717, 1.165) is 19.1 Å². The van der Waals surface area contributed by atoms with Crippen LogP contribution < -0.4 is 0 Å². The molecule has 1 saturated heterocycles. The SMILES string of the molecule is CO[C@H]1O[C@@H]2CC[C@@H](c3ccccc3)C[C@@H]2[C@H](OC(C)=O)[C@H]1OS(C)(=O)=O. The Morgan fingerprint density at radius 2 is 1.85 bits per heavy atom. The first-order valence-electron chi connectivity index (χ1n) is 9.07. The molecule has 1 aliphatic heterocycles. The van der Waals surface area contributed by atoms with Gasteiger partial charge in [0.25, 0.3) is 10.1 Å². The zero-order chi connectivity index (χ0) is 19.6. The third-order valence-electron chi connectivity index (χ3n) is 5.25. The van der Waals surface area contributed by atoms with Crippen molar-refractivity contribution in [2.75, 3.05) is 13.4 Å². The van der Waals surface area contributed by atoms with E-state index in [9.17, 15) is 13.2 Å². The van der Waals surface area contributed by atoms with Crippen molar-refractivity contribution in [1.29, 1.82) is 0 Å². The van der Waals surface area contributed by atoms with Crippen LogP contribution in [0.1, 0.15) is 37.7 Å². The number of benzene rings is 1. The van der Waals surface area contributed by atoms with Crippen molar-refractivity contribution in [3.8, 4) is 0 Å². The molecule has 0 aromatic heterocycles. The first kappa shape index (κ1) is 20.3. The maximum absolute atomic E-state index is 11.8. The summed E-state index contributed by atoms with van der Waals surface area (Å²) in [6.45, 7) is 1.31. The van der Waals surface area contributed by atoms with Crippen LogP contribution in [0, 0.1) is 5.92 Å². The molecule has 1 aliphatic carbocycles. The summed E-state index contributed by atoms with van der Waals surface area (Å²) in [7, 11) is -2.37. The van der Waals surface area contributed by atoms with E-state index in [-0.39, 0.29) is 17.9 Å². The fraction of sp³-hybridized carbons (Fsp3) is 0.632. The van der Waals surface area contributed by atoms with Crippen molar-refractivity contribution >= 4 is 16.1 Å². The molecule has 7 nitrogen and oxygen atoms in total. The van der Waals surface area contributed by atoms with Crippen molar-refractivity contribution in [3.05, 3.63) is 35.9 Å². The second-order valence-electron chi connectivity index (χ2n) is 7.20. The summed E-state index contributed by atoms with van der Waals surface area (Å²) >= 11 is 0. The van der Waals surface area contributed by atoms with Crippen molar-refractivity contribution in [2.24, 2.45) is 5.92 Å². The minimum atomic E-state index is -3.79. The van der Waals surface area contributed by atoms with Crippen LogP contribution >= 0.6 is 0 Å². The zero-order valence-electron chi connectivity index (χ0n) is 15.7. The Hall–Kier alpha value is -1.48. The van der Waals surface area contributed by atoms with E-state index < -0.39 is 34.6 Å². The first-order valence-corrected chi connectivity index (χ1v) is 10.9.